The van der Waals surface area contributed by atoms with Crippen LogP contribution in [0, 0.1) is 5.92 Å². The number of carbonyl (C=O) groups is 2. The molecule has 4 nitrogen and oxygen atoms in total. The quantitative estimate of drug-likeness (QED) is 0.801. The van der Waals surface area contributed by atoms with E-state index < -0.39 is 23.7 Å². The molecule has 5 heteroatoms. The molecule has 1 N–H and O–H groups in total. The predicted octanol–water partition coefficient (Wildman–Crippen LogP) is 0.921. The summed E-state index contributed by atoms with van der Waals surface area (Å²) in [7, 11) is 0. The molecular weight excluding hydrogens is 225 g/mol. The van der Waals surface area contributed by atoms with Gasteiger partial charge in [-0.15, -0.1) is 0 Å². The topological polar surface area (TPSA) is 57.6 Å². The van der Waals surface area contributed by atoms with E-state index in [1.165, 1.54) is 18.7 Å². The summed E-state index contributed by atoms with van der Waals surface area (Å²) >= 11 is 0. The molecule has 0 radical (unpaired) electrons. The van der Waals surface area contributed by atoms with Gasteiger partial charge in [0.15, 0.2) is 12.0 Å². The van der Waals surface area contributed by atoms with Crippen molar-refractivity contribution in [2.75, 3.05) is 6.54 Å². The highest BCUT2D eigenvalue weighted by Crippen LogP contribution is 2.26. The van der Waals surface area contributed by atoms with Crippen molar-refractivity contribution in [3.63, 3.8) is 0 Å². The molecule has 1 saturated heterocycles. The first-order valence-electron chi connectivity index (χ1n) is 5.84. The van der Waals surface area contributed by atoms with Crippen molar-refractivity contribution < 1.29 is 19.1 Å². The van der Waals surface area contributed by atoms with Gasteiger partial charge in [-0.3, -0.25) is 9.59 Å². The van der Waals surface area contributed by atoms with Crippen LogP contribution < -0.4 is 0 Å². The van der Waals surface area contributed by atoms with Crippen LogP contribution in [-0.2, 0) is 9.59 Å². The van der Waals surface area contributed by atoms with Gasteiger partial charge in [-0.25, -0.2) is 4.39 Å². The van der Waals surface area contributed by atoms with Crippen molar-refractivity contribution in [1.29, 1.82) is 0 Å². The maximum Gasteiger partial charge on any atom is 0.257 e. The Labute approximate surface area is 101 Å². The Kier molecular flexibility index (Phi) is 3.91. The van der Waals surface area contributed by atoms with Crippen LogP contribution in [0.4, 0.5) is 4.39 Å². The van der Waals surface area contributed by atoms with Gasteiger partial charge in [0.2, 0.25) is 0 Å². The average molecular weight is 245 g/mol. The SMILES string of the molecule is CC(C)C(=O)[C@@H]1C[C@@H](F)C(=O)N1CC(C)(C)O. The number of halogens is 1. The zero-order chi connectivity index (χ0) is 13.4. The van der Waals surface area contributed by atoms with Crippen molar-refractivity contribution in [1.82, 2.24) is 4.90 Å². The van der Waals surface area contributed by atoms with Gasteiger partial charge >= 0.3 is 0 Å². The van der Waals surface area contributed by atoms with Gasteiger partial charge in [-0.2, -0.15) is 0 Å². The summed E-state index contributed by atoms with van der Waals surface area (Å²) in [4.78, 5) is 24.7. The van der Waals surface area contributed by atoms with E-state index in [1.807, 2.05) is 0 Å². The molecule has 0 aromatic rings. The number of ketones is 1. The Hall–Kier alpha value is -0.970. The predicted molar refractivity (Wildman–Crippen MR) is 61.2 cm³/mol. The average Bonchev–Trinajstić information content (AvgIpc) is 2.42. The van der Waals surface area contributed by atoms with Gasteiger partial charge < -0.3 is 10.0 Å². The van der Waals surface area contributed by atoms with E-state index in [9.17, 15) is 19.1 Å². The lowest BCUT2D eigenvalue weighted by molar-refractivity contribution is -0.140. The molecule has 0 spiro atoms. The van der Waals surface area contributed by atoms with Crippen LogP contribution in [0.2, 0.25) is 0 Å². The van der Waals surface area contributed by atoms with Crippen LogP contribution in [0.3, 0.4) is 0 Å². The summed E-state index contributed by atoms with van der Waals surface area (Å²) in [6.07, 6.45) is -1.71. The molecular formula is C12H20FNO3. The third-order valence-corrected chi connectivity index (χ3v) is 2.81. The summed E-state index contributed by atoms with van der Waals surface area (Å²) in [5, 5.41) is 9.69. The van der Waals surface area contributed by atoms with Gasteiger partial charge in [0.1, 0.15) is 0 Å². The maximum absolute atomic E-state index is 13.4. The van der Waals surface area contributed by atoms with Crippen LogP contribution in [0.5, 0.6) is 0 Å². The minimum atomic E-state index is -1.62. The molecule has 1 aliphatic heterocycles. The van der Waals surface area contributed by atoms with E-state index in [1.54, 1.807) is 13.8 Å². The van der Waals surface area contributed by atoms with E-state index in [2.05, 4.69) is 0 Å². The molecule has 0 aromatic carbocycles. The molecule has 1 aliphatic rings. The molecule has 98 valence electrons. The number of rotatable bonds is 4. The Morgan fingerprint density at radius 3 is 2.53 bits per heavy atom. The first-order valence-corrected chi connectivity index (χ1v) is 5.84. The van der Waals surface area contributed by atoms with E-state index in [0.29, 0.717) is 0 Å². The first-order chi connectivity index (χ1) is 7.63. The number of nitrogens with zero attached hydrogens (tertiary/aromatic N) is 1. The minimum Gasteiger partial charge on any atom is -0.389 e. The van der Waals surface area contributed by atoms with Crippen LogP contribution in [0.15, 0.2) is 0 Å². The van der Waals surface area contributed by atoms with Gasteiger partial charge in [-0.05, 0) is 13.8 Å². The number of alkyl halides is 1. The van der Waals surface area contributed by atoms with Crippen molar-refractivity contribution >= 4 is 11.7 Å². The molecule has 17 heavy (non-hydrogen) atoms. The third-order valence-electron chi connectivity index (χ3n) is 2.81. The number of carbonyl (C=O) groups excluding carboxylic acids is 2. The van der Waals surface area contributed by atoms with Crippen molar-refractivity contribution in [2.24, 2.45) is 5.92 Å². The molecule has 1 rings (SSSR count). The van der Waals surface area contributed by atoms with Gasteiger partial charge in [0.25, 0.3) is 5.91 Å². The monoisotopic (exact) mass is 245 g/mol. The fourth-order valence-electron chi connectivity index (χ4n) is 2.02. The smallest absolute Gasteiger partial charge is 0.257 e. The number of amides is 1. The van der Waals surface area contributed by atoms with E-state index >= 15 is 0 Å². The molecule has 0 saturated carbocycles. The lowest BCUT2D eigenvalue weighted by Crippen LogP contribution is -2.47. The molecule has 2 atom stereocenters. The number of hydrogen-bond donors (Lipinski definition) is 1. The number of aliphatic hydroxyl groups is 1. The van der Waals surface area contributed by atoms with Crippen LogP contribution >= 0.6 is 0 Å². The standard InChI is InChI=1S/C12H20FNO3/c1-7(2)10(15)9-5-8(13)11(16)14(9)6-12(3,4)17/h7-9,17H,5-6H2,1-4H3/t8-,9+/m1/s1. The molecule has 1 fully saturated rings. The third kappa shape index (κ3) is 3.25. The fraction of sp³-hybridized carbons (Fsp3) is 0.833. The van der Waals surface area contributed by atoms with Gasteiger partial charge in [0.05, 0.1) is 11.6 Å². The molecule has 0 aliphatic carbocycles. The minimum absolute atomic E-state index is 0.0185. The highest BCUT2D eigenvalue weighted by molar-refractivity contribution is 5.95. The molecule has 0 bridgehead atoms. The Bertz CT molecular complexity index is 322. The molecule has 1 amide bonds. The fourth-order valence-corrected chi connectivity index (χ4v) is 2.02. The van der Waals surface area contributed by atoms with Crippen molar-refractivity contribution in [3.05, 3.63) is 0 Å². The highest BCUT2D eigenvalue weighted by Gasteiger charge is 2.45. The second kappa shape index (κ2) is 4.72. The van der Waals surface area contributed by atoms with E-state index in [4.69, 9.17) is 0 Å². The first kappa shape index (κ1) is 14.1. The molecule has 0 unspecified atom stereocenters. The van der Waals surface area contributed by atoms with Gasteiger partial charge in [-0.1, -0.05) is 13.8 Å². The maximum atomic E-state index is 13.4. The summed E-state index contributed by atoms with van der Waals surface area (Å²) < 4.78 is 13.4. The zero-order valence-electron chi connectivity index (χ0n) is 10.7. The van der Waals surface area contributed by atoms with Crippen molar-refractivity contribution in [2.45, 2.75) is 51.9 Å². The van der Waals surface area contributed by atoms with Crippen LogP contribution in [-0.4, -0.2) is 46.1 Å². The van der Waals surface area contributed by atoms with Crippen LogP contribution in [0.1, 0.15) is 34.1 Å². The highest BCUT2D eigenvalue weighted by atomic mass is 19.1. The van der Waals surface area contributed by atoms with Crippen molar-refractivity contribution in [3.8, 4) is 0 Å². The van der Waals surface area contributed by atoms with E-state index in [0.717, 1.165) is 0 Å². The number of likely N-dealkylation sites (tertiary alicyclic amines) is 1. The second-order valence-electron chi connectivity index (χ2n) is 5.55. The number of hydrogen-bond acceptors (Lipinski definition) is 3. The lowest BCUT2D eigenvalue weighted by Gasteiger charge is -2.30. The second-order valence-corrected chi connectivity index (χ2v) is 5.55. The molecule has 1 heterocycles. The molecule has 0 aromatic heterocycles. The number of Topliss-reactive ketones (excluding diaryl/α,β-unsaturated/α-hetero) is 1. The zero-order valence-corrected chi connectivity index (χ0v) is 10.7. The van der Waals surface area contributed by atoms with Gasteiger partial charge in [0, 0.05) is 18.9 Å². The Morgan fingerprint density at radius 2 is 2.12 bits per heavy atom. The summed E-state index contributed by atoms with van der Waals surface area (Å²) in [5.41, 5.74) is -1.13. The lowest BCUT2D eigenvalue weighted by atomic mass is 9.98. The Balaban J connectivity index is 2.88. The number of β-amino-alcohol motifs (C(OH)–C–C–N with tert-alkyl or cyclic N) is 1. The van der Waals surface area contributed by atoms with Crippen LogP contribution in [0.25, 0.3) is 0 Å². The summed E-state index contributed by atoms with van der Waals surface area (Å²) in [5.74, 6) is -1.09. The summed E-state index contributed by atoms with van der Waals surface area (Å²) in [6.45, 7) is 6.49. The summed E-state index contributed by atoms with van der Waals surface area (Å²) in [6, 6.07) is -0.732. The van der Waals surface area contributed by atoms with E-state index in [-0.39, 0.29) is 24.7 Å². The largest absolute Gasteiger partial charge is 0.389 e. The normalized spacial score (nSPS) is 25.8. The Morgan fingerprint density at radius 1 is 1.59 bits per heavy atom.